The molecule has 1 aliphatic heterocycles. The zero-order valence-electron chi connectivity index (χ0n) is 12.0. The van der Waals surface area contributed by atoms with E-state index in [2.05, 4.69) is 25.0 Å². The number of aromatic nitrogens is 4. The maximum Gasteiger partial charge on any atom is 0.220 e. The van der Waals surface area contributed by atoms with Crippen molar-refractivity contribution in [1.82, 2.24) is 19.5 Å². The third-order valence-corrected chi connectivity index (χ3v) is 3.61. The summed E-state index contributed by atoms with van der Waals surface area (Å²) in [7, 11) is 1.41. The minimum atomic E-state index is -1.02. The fourth-order valence-corrected chi connectivity index (χ4v) is 2.55. The predicted molar refractivity (Wildman–Crippen MR) is 76.3 cm³/mol. The van der Waals surface area contributed by atoms with Crippen LogP contribution >= 0.6 is 0 Å². The van der Waals surface area contributed by atoms with Gasteiger partial charge in [-0.05, 0) is 10.6 Å². The Morgan fingerprint density at radius 2 is 2.35 bits per heavy atom. The second-order valence-electron chi connectivity index (χ2n) is 4.86. The molecule has 0 unspecified atom stereocenters. The lowest BCUT2D eigenvalue weighted by Crippen LogP contribution is -2.34. The summed E-state index contributed by atoms with van der Waals surface area (Å²) in [4.78, 5) is 14.6. The van der Waals surface area contributed by atoms with Crippen LogP contribution in [0.3, 0.4) is 0 Å². The summed E-state index contributed by atoms with van der Waals surface area (Å²) >= 11 is 0. The molecule has 2 aromatic heterocycles. The number of azide groups is 1. The zero-order chi connectivity index (χ0) is 16.6. The molecule has 3 heterocycles. The first-order valence-corrected chi connectivity index (χ1v) is 6.63. The van der Waals surface area contributed by atoms with Crippen molar-refractivity contribution in [3.8, 4) is 0 Å². The molecule has 1 fully saturated rings. The van der Waals surface area contributed by atoms with Crippen LogP contribution in [0, 0.1) is 0 Å². The molecule has 0 saturated carbocycles. The topological polar surface area (TPSA) is 177 Å². The first-order chi connectivity index (χ1) is 11.1. The van der Waals surface area contributed by atoms with E-state index >= 15 is 0 Å². The van der Waals surface area contributed by atoms with Crippen LogP contribution in [0.2, 0.25) is 0 Å². The maximum atomic E-state index is 10.1. The summed E-state index contributed by atoms with van der Waals surface area (Å²) in [6.45, 7) is -0.370. The van der Waals surface area contributed by atoms with Gasteiger partial charge in [0.2, 0.25) is 5.95 Å². The second-order valence-corrected chi connectivity index (χ2v) is 4.86. The first-order valence-electron chi connectivity index (χ1n) is 6.63. The Hall–Kier alpha value is -2.50. The Morgan fingerprint density at radius 3 is 3.00 bits per heavy atom. The summed E-state index contributed by atoms with van der Waals surface area (Å²) in [6.07, 6.45) is -1.96. The van der Waals surface area contributed by atoms with E-state index in [1.165, 1.54) is 18.0 Å². The number of hydrogen-bond donors (Lipinski definition) is 3. The molecule has 0 aliphatic carbocycles. The second kappa shape index (κ2) is 5.95. The molecule has 2 aromatic rings. The summed E-state index contributed by atoms with van der Waals surface area (Å²) in [5, 5.41) is 22.7. The van der Waals surface area contributed by atoms with E-state index in [-0.39, 0.29) is 24.0 Å². The van der Waals surface area contributed by atoms with E-state index in [1.54, 1.807) is 0 Å². The lowest BCUT2D eigenvalue weighted by molar-refractivity contribution is -0.0583. The molecule has 12 heteroatoms. The molecule has 12 nitrogen and oxygen atoms in total. The normalized spacial score (nSPS) is 27.3. The smallest absolute Gasteiger partial charge is 0.220 e. The van der Waals surface area contributed by atoms with E-state index in [9.17, 15) is 10.2 Å². The molecular weight excluding hydrogens is 308 g/mol. The molecular formula is C11H14N8O4. The molecule has 122 valence electrons. The van der Waals surface area contributed by atoms with Crippen LogP contribution in [-0.2, 0) is 9.47 Å². The van der Waals surface area contributed by atoms with Crippen molar-refractivity contribution in [2.45, 2.75) is 24.5 Å². The number of aliphatic hydroxyl groups is 2. The number of aliphatic hydroxyl groups excluding tert-OH is 2. The number of fused-ring (bicyclic) bond motifs is 1. The van der Waals surface area contributed by atoms with Gasteiger partial charge in [-0.1, -0.05) is 0 Å². The molecule has 1 aliphatic rings. The van der Waals surface area contributed by atoms with Gasteiger partial charge in [0.25, 0.3) is 0 Å². The molecule has 0 amide bonds. The van der Waals surface area contributed by atoms with E-state index < -0.39 is 24.5 Å². The number of rotatable bonds is 4. The highest BCUT2D eigenvalue weighted by Crippen LogP contribution is 2.34. The molecule has 4 N–H and O–H groups in total. The van der Waals surface area contributed by atoms with Crippen LogP contribution in [0.1, 0.15) is 6.23 Å². The summed E-state index contributed by atoms with van der Waals surface area (Å²) < 4.78 is 12.4. The van der Waals surface area contributed by atoms with Crippen molar-refractivity contribution in [1.29, 1.82) is 0 Å². The van der Waals surface area contributed by atoms with Gasteiger partial charge in [0.15, 0.2) is 17.7 Å². The molecule has 23 heavy (non-hydrogen) atoms. The largest absolute Gasteiger partial charge is 0.394 e. The highest BCUT2D eigenvalue weighted by atomic mass is 16.6. The van der Waals surface area contributed by atoms with Gasteiger partial charge in [-0.25, -0.2) is 15.0 Å². The third kappa shape index (κ3) is 2.44. The van der Waals surface area contributed by atoms with Crippen molar-refractivity contribution in [2.75, 3.05) is 19.5 Å². The Kier molecular flexibility index (Phi) is 3.98. The van der Waals surface area contributed by atoms with E-state index in [0.717, 1.165) is 0 Å². The van der Waals surface area contributed by atoms with E-state index in [4.69, 9.17) is 20.7 Å². The van der Waals surface area contributed by atoms with Gasteiger partial charge >= 0.3 is 0 Å². The number of hydrogen-bond acceptors (Lipinski definition) is 9. The fourth-order valence-electron chi connectivity index (χ4n) is 2.55. The van der Waals surface area contributed by atoms with Crippen LogP contribution in [0.5, 0.6) is 0 Å². The van der Waals surface area contributed by atoms with Crippen LogP contribution in [0.25, 0.3) is 21.6 Å². The Balaban J connectivity index is 2.11. The van der Waals surface area contributed by atoms with Crippen molar-refractivity contribution < 1.29 is 19.7 Å². The van der Waals surface area contributed by atoms with Crippen LogP contribution in [-0.4, -0.2) is 61.8 Å². The quantitative estimate of drug-likeness (QED) is 0.387. The van der Waals surface area contributed by atoms with Gasteiger partial charge in [-0.2, -0.15) is 0 Å². The van der Waals surface area contributed by atoms with Gasteiger partial charge in [-0.3, -0.25) is 4.57 Å². The molecule has 0 radical (unpaired) electrons. The third-order valence-electron chi connectivity index (χ3n) is 3.61. The van der Waals surface area contributed by atoms with Crippen LogP contribution < -0.4 is 5.73 Å². The number of nitrogens with zero attached hydrogens (tertiary/aromatic N) is 7. The van der Waals surface area contributed by atoms with E-state index in [0.29, 0.717) is 5.52 Å². The fraction of sp³-hybridized carbons (Fsp3) is 0.545. The minimum Gasteiger partial charge on any atom is -0.394 e. The number of anilines is 1. The number of ether oxygens (including phenoxy) is 2. The van der Waals surface area contributed by atoms with Crippen molar-refractivity contribution in [2.24, 2.45) is 5.11 Å². The van der Waals surface area contributed by atoms with Crippen molar-refractivity contribution in [3.05, 3.63) is 16.8 Å². The molecule has 4 atom stereocenters. The van der Waals surface area contributed by atoms with Gasteiger partial charge < -0.3 is 25.4 Å². The average Bonchev–Trinajstić information content (AvgIpc) is 3.08. The zero-order valence-corrected chi connectivity index (χ0v) is 12.0. The summed E-state index contributed by atoms with van der Waals surface area (Å²) in [6, 6.07) is 0. The standard InChI is InChI=1S/C11H14N8O4/c1-22-7-6(21)4(2-20)23-10(7)19-3-14-5-8(12)15-11(17-18-13)16-9(5)19/h3-4,6-7,10,20-21H,2H2,1H3,(H2,12,15,16)/t4-,6-,7-,10-/m1/s1. The maximum absolute atomic E-state index is 10.1. The van der Waals surface area contributed by atoms with Gasteiger partial charge in [0.1, 0.15) is 23.8 Å². The summed E-state index contributed by atoms with van der Waals surface area (Å²) in [5.74, 6) is -0.118. The average molecular weight is 322 g/mol. The molecule has 1 saturated heterocycles. The van der Waals surface area contributed by atoms with Gasteiger partial charge in [0.05, 0.1) is 12.9 Å². The lowest BCUT2D eigenvalue weighted by atomic mass is 10.1. The Morgan fingerprint density at radius 1 is 1.57 bits per heavy atom. The van der Waals surface area contributed by atoms with Crippen molar-refractivity contribution >= 4 is 22.9 Å². The minimum absolute atomic E-state index is 0.0439. The SMILES string of the molecule is CO[C@@H]1[C@H](O)[C@@H](CO)O[C@H]1n1cnc2c(N)nc(N=[N+]=[N-])nc21. The number of nitrogens with two attached hydrogens (primary N) is 1. The molecule has 0 aromatic carbocycles. The highest BCUT2D eigenvalue weighted by molar-refractivity contribution is 5.82. The van der Waals surface area contributed by atoms with Crippen LogP contribution in [0.4, 0.5) is 11.8 Å². The Labute approximate surface area is 129 Å². The molecule has 3 rings (SSSR count). The molecule has 0 spiro atoms. The number of imidazole rings is 1. The van der Waals surface area contributed by atoms with Crippen molar-refractivity contribution in [3.63, 3.8) is 0 Å². The monoisotopic (exact) mass is 322 g/mol. The number of nitrogen functional groups attached to an aromatic ring is 1. The number of methoxy groups -OCH3 is 1. The Bertz CT molecular complexity index is 773. The lowest BCUT2D eigenvalue weighted by Gasteiger charge is -2.19. The van der Waals surface area contributed by atoms with E-state index in [1.807, 2.05) is 0 Å². The van der Waals surface area contributed by atoms with Gasteiger partial charge in [0, 0.05) is 12.0 Å². The molecule has 0 bridgehead atoms. The van der Waals surface area contributed by atoms with Gasteiger partial charge in [-0.15, -0.1) is 0 Å². The summed E-state index contributed by atoms with van der Waals surface area (Å²) in [5.41, 5.74) is 14.8. The predicted octanol–water partition coefficient (Wildman–Crippen LogP) is -0.384. The van der Waals surface area contributed by atoms with Crippen LogP contribution in [0.15, 0.2) is 11.4 Å². The highest BCUT2D eigenvalue weighted by Gasteiger charge is 2.45. The first kappa shape index (κ1) is 15.4.